The van der Waals surface area contributed by atoms with Crippen LogP contribution in [0.3, 0.4) is 0 Å². The second-order valence-electron chi connectivity index (χ2n) is 3.74. The Morgan fingerprint density at radius 3 is 2.75 bits per heavy atom. The van der Waals surface area contributed by atoms with Crippen LogP contribution in [-0.4, -0.2) is 48.9 Å². The number of hydrogen-bond donors (Lipinski definition) is 1. The first-order valence-electron chi connectivity index (χ1n) is 4.58. The molecule has 0 aromatic heterocycles. The third kappa shape index (κ3) is 2.21. The summed E-state index contributed by atoms with van der Waals surface area (Å²) in [7, 11) is 4.17. The zero-order chi connectivity index (χ0) is 9.14. The fraction of sp³-hybridized carbons (Fsp3) is 0.889. The van der Waals surface area contributed by atoms with Gasteiger partial charge in [0.05, 0.1) is 5.84 Å². The molecule has 0 aliphatic carbocycles. The van der Waals surface area contributed by atoms with Gasteiger partial charge in [-0.05, 0) is 33.4 Å². The van der Waals surface area contributed by atoms with E-state index in [9.17, 15) is 0 Å². The molecule has 3 nitrogen and oxygen atoms in total. The zero-order valence-corrected chi connectivity index (χ0v) is 8.30. The summed E-state index contributed by atoms with van der Waals surface area (Å²) in [5.74, 6) is 0.662. The van der Waals surface area contributed by atoms with E-state index in [1.807, 2.05) is 18.9 Å². The molecule has 0 aromatic rings. The van der Waals surface area contributed by atoms with Crippen molar-refractivity contribution in [1.82, 2.24) is 9.80 Å². The molecule has 1 unspecified atom stereocenters. The quantitative estimate of drug-likeness (QED) is 0.494. The van der Waals surface area contributed by atoms with Crippen LogP contribution in [0.5, 0.6) is 0 Å². The number of likely N-dealkylation sites (tertiary alicyclic amines) is 1. The van der Waals surface area contributed by atoms with Crippen LogP contribution in [0.2, 0.25) is 0 Å². The maximum atomic E-state index is 7.44. The molecule has 1 rings (SSSR count). The first-order chi connectivity index (χ1) is 5.61. The molecule has 1 aliphatic rings. The van der Waals surface area contributed by atoms with Crippen molar-refractivity contribution in [1.29, 1.82) is 5.41 Å². The van der Waals surface area contributed by atoms with Crippen molar-refractivity contribution in [3.63, 3.8) is 0 Å². The fourth-order valence-electron chi connectivity index (χ4n) is 1.66. The molecule has 70 valence electrons. The van der Waals surface area contributed by atoms with Gasteiger partial charge in [-0.25, -0.2) is 0 Å². The molecule has 3 heteroatoms. The Hall–Kier alpha value is -0.570. The lowest BCUT2D eigenvalue weighted by atomic mass is 10.2. The summed E-state index contributed by atoms with van der Waals surface area (Å²) in [5.41, 5.74) is 0. The van der Waals surface area contributed by atoms with Crippen LogP contribution < -0.4 is 0 Å². The lowest BCUT2D eigenvalue weighted by Crippen LogP contribution is -2.38. The maximum Gasteiger partial charge on any atom is 0.0923 e. The van der Waals surface area contributed by atoms with Gasteiger partial charge in [0.2, 0.25) is 0 Å². The van der Waals surface area contributed by atoms with E-state index in [0.717, 1.165) is 6.54 Å². The van der Waals surface area contributed by atoms with Crippen LogP contribution in [0.4, 0.5) is 0 Å². The van der Waals surface area contributed by atoms with E-state index < -0.39 is 0 Å². The average Bonchev–Trinajstić information content (AvgIpc) is 2.36. The molecule has 1 aliphatic heterocycles. The van der Waals surface area contributed by atoms with Gasteiger partial charge in [0, 0.05) is 19.6 Å². The van der Waals surface area contributed by atoms with Crippen LogP contribution in [0.25, 0.3) is 0 Å². The molecular weight excluding hydrogens is 150 g/mol. The number of rotatable bonds is 2. The highest BCUT2D eigenvalue weighted by molar-refractivity contribution is 5.75. The monoisotopic (exact) mass is 169 g/mol. The number of nitrogens with zero attached hydrogens (tertiary/aromatic N) is 2. The number of likely N-dealkylation sites (N-methyl/N-ethyl adjacent to an activating group) is 2. The Bertz CT molecular complexity index is 167. The smallest absolute Gasteiger partial charge is 0.0923 e. The number of nitrogens with one attached hydrogen (secondary N) is 1. The summed E-state index contributed by atoms with van der Waals surface area (Å²) < 4.78 is 0. The molecule has 0 amide bonds. The van der Waals surface area contributed by atoms with Gasteiger partial charge in [0.15, 0.2) is 0 Å². The van der Waals surface area contributed by atoms with Crippen LogP contribution >= 0.6 is 0 Å². The summed E-state index contributed by atoms with van der Waals surface area (Å²) in [6, 6.07) is 0.662. The molecule has 1 atom stereocenters. The molecule has 1 fully saturated rings. The van der Waals surface area contributed by atoms with Crippen LogP contribution in [0.15, 0.2) is 0 Å². The summed E-state index contributed by atoms with van der Waals surface area (Å²) in [6.45, 7) is 4.07. The third-order valence-corrected chi connectivity index (χ3v) is 2.73. The second-order valence-corrected chi connectivity index (χ2v) is 3.74. The summed E-state index contributed by atoms with van der Waals surface area (Å²) in [6.07, 6.45) is 2.60. The van der Waals surface area contributed by atoms with Crippen molar-refractivity contribution in [2.24, 2.45) is 0 Å². The predicted molar refractivity (Wildman–Crippen MR) is 51.7 cm³/mol. The SMILES string of the molecule is CC(=N)N(C)CC1CCCN1C. The van der Waals surface area contributed by atoms with E-state index in [-0.39, 0.29) is 0 Å². The molecule has 0 radical (unpaired) electrons. The highest BCUT2D eigenvalue weighted by Crippen LogP contribution is 2.15. The summed E-state index contributed by atoms with van der Waals surface area (Å²) in [4.78, 5) is 4.41. The van der Waals surface area contributed by atoms with Gasteiger partial charge in [-0.3, -0.25) is 5.41 Å². The van der Waals surface area contributed by atoms with Crippen LogP contribution in [0, 0.1) is 5.41 Å². The molecule has 0 bridgehead atoms. The van der Waals surface area contributed by atoms with Gasteiger partial charge in [-0.2, -0.15) is 0 Å². The van der Waals surface area contributed by atoms with E-state index in [1.54, 1.807) is 0 Å². The Balaban J connectivity index is 2.35. The van der Waals surface area contributed by atoms with Gasteiger partial charge in [-0.15, -0.1) is 0 Å². The molecule has 12 heavy (non-hydrogen) atoms. The molecule has 1 N–H and O–H groups in total. The highest BCUT2D eigenvalue weighted by Gasteiger charge is 2.21. The lowest BCUT2D eigenvalue weighted by molar-refractivity contribution is 0.266. The minimum absolute atomic E-state index is 0.662. The second kappa shape index (κ2) is 3.90. The number of hydrogen-bond acceptors (Lipinski definition) is 2. The minimum Gasteiger partial charge on any atom is -0.362 e. The van der Waals surface area contributed by atoms with Gasteiger partial charge in [0.25, 0.3) is 0 Å². The Morgan fingerprint density at radius 2 is 2.33 bits per heavy atom. The largest absolute Gasteiger partial charge is 0.362 e. The van der Waals surface area contributed by atoms with Gasteiger partial charge < -0.3 is 9.80 Å². The third-order valence-electron chi connectivity index (χ3n) is 2.73. The van der Waals surface area contributed by atoms with E-state index >= 15 is 0 Å². The summed E-state index contributed by atoms with van der Waals surface area (Å²) >= 11 is 0. The first-order valence-corrected chi connectivity index (χ1v) is 4.58. The van der Waals surface area contributed by atoms with Crippen molar-refractivity contribution in [3.05, 3.63) is 0 Å². The molecule has 1 heterocycles. The van der Waals surface area contributed by atoms with Gasteiger partial charge >= 0.3 is 0 Å². The van der Waals surface area contributed by atoms with Crippen molar-refractivity contribution < 1.29 is 0 Å². The zero-order valence-electron chi connectivity index (χ0n) is 8.30. The lowest BCUT2D eigenvalue weighted by Gasteiger charge is -2.26. The first kappa shape index (κ1) is 9.52. The number of amidine groups is 1. The molecular formula is C9H19N3. The van der Waals surface area contributed by atoms with Gasteiger partial charge in [-0.1, -0.05) is 0 Å². The Morgan fingerprint density at radius 1 is 1.67 bits per heavy atom. The van der Waals surface area contributed by atoms with Crippen molar-refractivity contribution in [2.45, 2.75) is 25.8 Å². The fourth-order valence-corrected chi connectivity index (χ4v) is 1.66. The highest BCUT2D eigenvalue weighted by atomic mass is 15.2. The van der Waals surface area contributed by atoms with Crippen molar-refractivity contribution in [2.75, 3.05) is 27.2 Å². The van der Waals surface area contributed by atoms with Gasteiger partial charge in [0.1, 0.15) is 0 Å². The molecule has 1 saturated heterocycles. The van der Waals surface area contributed by atoms with Crippen LogP contribution in [0.1, 0.15) is 19.8 Å². The summed E-state index contributed by atoms with van der Waals surface area (Å²) in [5, 5.41) is 7.44. The van der Waals surface area contributed by atoms with Crippen molar-refractivity contribution in [3.8, 4) is 0 Å². The van der Waals surface area contributed by atoms with Crippen molar-refractivity contribution >= 4 is 5.84 Å². The Labute approximate surface area is 74.9 Å². The normalized spacial score (nSPS) is 24.4. The van der Waals surface area contributed by atoms with E-state index in [0.29, 0.717) is 11.9 Å². The maximum absolute atomic E-state index is 7.44. The predicted octanol–water partition coefficient (Wildman–Crippen LogP) is 1.01. The molecule has 0 saturated carbocycles. The topological polar surface area (TPSA) is 30.3 Å². The standard InChI is InChI=1S/C9H19N3/c1-8(10)12(3)7-9-5-4-6-11(9)2/h9-10H,4-7H2,1-3H3. The van der Waals surface area contributed by atoms with Crippen LogP contribution in [-0.2, 0) is 0 Å². The Kier molecular flexibility index (Phi) is 3.09. The molecule has 0 spiro atoms. The minimum atomic E-state index is 0.662. The van der Waals surface area contributed by atoms with E-state index in [4.69, 9.17) is 5.41 Å². The average molecular weight is 169 g/mol. The molecule has 0 aromatic carbocycles. The van der Waals surface area contributed by atoms with E-state index in [1.165, 1.54) is 19.4 Å². The van der Waals surface area contributed by atoms with E-state index in [2.05, 4.69) is 11.9 Å².